The normalized spacial score (nSPS) is 9.60. The van der Waals surface area contributed by atoms with Crippen LogP contribution in [0.15, 0.2) is 0 Å². The molecular formula is C6H10N3Rb. The van der Waals surface area contributed by atoms with Gasteiger partial charge in [0.1, 0.15) is 0 Å². The van der Waals surface area contributed by atoms with Gasteiger partial charge in [0, 0.05) is 0 Å². The minimum atomic E-state index is 0. The molecule has 0 bridgehead atoms. The van der Waals surface area contributed by atoms with Crippen molar-refractivity contribution in [2.24, 2.45) is 7.05 Å². The van der Waals surface area contributed by atoms with Crippen molar-refractivity contribution in [1.82, 2.24) is 15.0 Å². The number of aromatic nitrogens is 3. The van der Waals surface area contributed by atoms with Crippen LogP contribution in [0.5, 0.6) is 0 Å². The fraction of sp³-hybridized carbons (Fsp3) is 0.667. The molecule has 0 spiro atoms. The largest absolute Gasteiger partial charge is 1.00 e. The summed E-state index contributed by atoms with van der Waals surface area (Å²) in [6.07, 6.45) is 2.97. The molecule has 0 saturated carbocycles. The van der Waals surface area contributed by atoms with E-state index in [9.17, 15) is 0 Å². The first-order chi connectivity index (χ1) is 4.20. The topological polar surface area (TPSA) is 30.7 Å². The fourth-order valence-electron chi connectivity index (χ4n) is 0.570. The Morgan fingerprint density at radius 1 is 1.50 bits per heavy atom. The molecule has 1 aromatic heterocycles. The molecule has 1 heterocycles. The smallest absolute Gasteiger partial charge is 0.429 e. The Kier molecular flexibility index (Phi) is 5.20. The van der Waals surface area contributed by atoms with E-state index in [2.05, 4.69) is 30.4 Å². The molecule has 0 fully saturated rings. The molecule has 3 nitrogen and oxygen atoms in total. The molecule has 4 heteroatoms. The molecule has 0 unspecified atom stereocenters. The van der Waals surface area contributed by atoms with E-state index in [0.717, 1.165) is 5.69 Å². The van der Waals surface area contributed by atoms with Crippen LogP contribution in [0.25, 0.3) is 0 Å². The summed E-state index contributed by atoms with van der Waals surface area (Å²) < 4.78 is 1.59. The van der Waals surface area contributed by atoms with Crippen LogP contribution in [-0.2, 0) is 7.05 Å². The van der Waals surface area contributed by atoms with Crippen LogP contribution in [-0.4, -0.2) is 15.0 Å². The first kappa shape index (κ1) is 10.9. The number of hydrogen-bond acceptors (Lipinski definition) is 2. The van der Waals surface area contributed by atoms with E-state index in [4.69, 9.17) is 0 Å². The summed E-state index contributed by atoms with van der Waals surface area (Å²) in [5.74, 6) is 0.429. The predicted molar refractivity (Wildman–Crippen MR) is 33.9 cm³/mol. The van der Waals surface area contributed by atoms with Crippen molar-refractivity contribution in [2.75, 3.05) is 0 Å². The molecule has 0 aromatic carbocycles. The number of hydrogen-bond donors (Lipinski definition) is 0. The first-order valence-corrected chi connectivity index (χ1v) is 2.99. The van der Waals surface area contributed by atoms with Crippen molar-refractivity contribution in [1.29, 1.82) is 0 Å². The van der Waals surface area contributed by atoms with Gasteiger partial charge in [0.2, 0.25) is 0 Å². The van der Waals surface area contributed by atoms with Crippen molar-refractivity contribution in [2.45, 2.75) is 19.8 Å². The Balaban J connectivity index is 0.000000810. The van der Waals surface area contributed by atoms with Crippen molar-refractivity contribution in [3.05, 3.63) is 11.9 Å². The Morgan fingerprint density at radius 2 is 2.10 bits per heavy atom. The van der Waals surface area contributed by atoms with E-state index in [1.54, 1.807) is 4.68 Å². The van der Waals surface area contributed by atoms with Gasteiger partial charge in [0.05, 0.1) is 0 Å². The third-order valence-electron chi connectivity index (χ3n) is 1.11. The Bertz CT molecular complexity index is 195. The molecule has 0 aliphatic rings. The minimum absolute atomic E-state index is 0. The fourth-order valence-corrected chi connectivity index (χ4v) is 0.570. The van der Waals surface area contributed by atoms with E-state index >= 15 is 0 Å². The molecule has 1 rings (SSSR count). The number of rotatable bonds is 1. The van der Waals surface area contributed by atoms with E-state index in [1.807, 2.05) is 7.05 Å². The van der Waals surface area contributed by atoms with Crippen molar-refractivity contribution < 1.29 is 58.2 Å². The SMILES string of the molecule is CC(C)c1[c-]n(C)nn1.[Rb+]. The van der Waals surface area contributed by atoms with E-state index < -0.39 is 0 Å². The van der Waals surface area contributed by atoms with Gasteiger partial charge in [-0.25, -0.2) is 0 Å². The predicted octanol–water partition coefficient (Wildman–Crippen LogP) is -2.26. The van der Waals surface area contributed by atoms with E-state index in [1.165, 1.54) is 0 Å². The van der Waals surface area contributed by atoms with Gasteiger partial charge in [-0.1, -0.05) is 19.5 Å². The van der Waals surface area contributed by atoms with Crippen LogP contribution in [0.3, 0.4) is 0 Å². The summed E-state index contributed by atoms with van der Waals surface area (Å²) >= 11 is 0. The number of aryl methyl sites for hydroxylation is 1. The van der Waals surface area contributed by atoms with Crippen LogP contribution in [0, 0.1) is 6.20 Å². The summed E-state index contributed by atoms with van der Waals surface area (Å²) in [6, 6.07) is 0. The van der Waals surface area contributed by atoms with Gasteiger partial charge < -0.3 is 10.9 Å². The van der Waals surface area contributed by atoms with Gasteiger partial charge in [-0.3, -0.25) is 0 Å². The van der Waals surface area contributed by atoms with Crippen molar-refractivity contribution in [3.63, 3.8) is 0 Å². The zero-order valence-corrected chi connectivity index (χ0v) is 11.8. The van der Waals surface area contributed by atoms with Crippen LogP contribution < -0.4 is 58.2 Å². The summed E-state index contributed by atoms with van der Waals surface area (Å²) in [7, 11) is 1.82. The summed E-state index contributed by atoms with van der Waals surface area (Å²) in [5, 5.41) is 7.62. The first-order valence-electron chi connectivity index (χ1n) is 2.99. The summed E-state index contributed by atoms with van der Waals surface area (Å²) in [5.41, 5.74) is 0.928. The molecule has 0 aliphatic heterocycles. The van der Waals surface area contributed by atoms with Crippen LogP contribution in [0.2, 0.25) is 0 Å². The van der Waals surface area contributed by atoms with Gasteiger partial charge in [0.25, 0.3) is 0 Å². The maximum atomic E-state index is 3.87. The average Bonchev–Trinajstić information content (AvgIpc) is 2.14. The molecule has 0 atom stereocenters. The van der Waals surface area contributed by atoms with Gasteiger partial charge >= 0.3 is 58.2 Å². The van der Waals surface area contributed by atoms with Gasteiger partial charge in [-0.15, -0.1) is 5.21 Å². The molecule has 0 N–H and O–H groups in total. The third kappa shape index (κ3) is 2.90. The molecule has 1 aromatic rings. The van der Waals surface area contributed by atoms with E-state index in [-0.39, 0.29) is 58.2 Å². The van der Waals surface area contributed by atoms with Crippen LogP contribution in [0.4, 0.5) is 0 Å². The maximum Gasteiger partial charge on any atom is 1.00 e. The van der Waals surface area contributed by atoms with Crippen molar-refractivity contribution >= 4 is 0 Å². The second kappa shape index (κ2) is 4.75. The van der Waals surface area contributed by atoms with Crippen molar-refractivity contribution in [3.8, 4) is 0 Å². The minimum Gasteiger partial charge on any atom is -0.429 e. The van der Waals surface area contributed by atoms with Gasteiger partial charge in [-0.05, 0) is 13.0 Å². The monoisotopic (exact) mass is 209 g/mol. The Morgan fingerprint density at radius 3 is 2.30 bits per heavy atom. The molecule has 0 radical (unpaired) electrons. The second-order valence-electron chi connectivity index (χ2n) is 2.36. The molecule has 50 valence electrons. The Labute approximate surface area is 110 Å². The molecule has 0 aliphatic carbocycles. The number of nitrogens with zero attached hydrogens (tertiary/aromatic N) is 3. The summed E-state index contributed by atoms with van der Waals surface area (Å²) in [6.45, 7) is 4.14. The standard InChI is InChI=1S/C6H10N3.Rb/c1-5(2)6-4-9(3)8-7-6;/h5H,1-3H3;/q-1;+1. The molecular weight excluding hydrogens is 200 g/mol. The Hall–Kier alpha value is 0.945. The van der Waals surface area contributed by atoms with E-state index in [0.29, 0.717) is 5.92 Å². The zero-order chi connectivity index (χ0) is 6.85. The zero-order valence-electron chi connectivity index (χ0n) is 6.92. The maximum absolute atomic E-state index is 3.87. The van der Waals surface area contributed by atoms with Crippen LogP contribution >= 0.6 is 0 Å². The van der Waals surface area contributed by atoms with Gasteiger partial charge in [-0.2, -0.15) is 5.10 Å². The summed E-state index contributed by atoms with van der Waals surface area (Å²) in [4.78, 5) is 0. The third-order valence-corrected chi connectivity index (χ3v) is 1.11. The van der Waals surface area contributed by atoms with Gasteiger partial charge in [0.15, 0.2) is 0 Å². The second-order valence-corrected chi connectivity index (χ2v) is 2.36. The quantitative estimate of drug-likeness (QED) is 0.489. The average molecular weight is 210 g/mol. The molecule has 0 saturated heterocycles. The van der Waals surface area contributed by atoms with Crippen LogP contribution in [0.1, 0.15) is 25.5 Å². The molecule has 0 amide bonds. The molecule has 10 heavy (non-hydrogen) atoms.